The van der Waals surface area contributed by atoms with Gasteiger partial charge in [-0.3, -0.25) is 14.8 Å². The summed E-state index contributed by atoms with van der Waals surface area (Å²) in [6.07, 6.45) is 4.16. The molecule has 3 heterocycles. The summed E-state index contributed by atoms with van der Waals surface area (Å²) >= 11 is 0. The molecule has 0 saturated carbocycles. The van der Waals surface area contributed by atoms with Crippen molar-refractivity contribution in [1.29, 1.82) is 0 Å². The van der Waals surface area contributed by atoms with Gasteiger partial charge in [-0.25, -0.2) is 4.99 Å². The van der Waals surface area contributed by atoms with Crippen LogP contribution in [0.5, 0.6) is 0 Å². The lowest BCUT2D eigenvalue weighted by atomic mass is 9.92. The van der Waals surface area contributed by atoms with Crippen molar-refractivity contribution in [2.75, 3.05) is 0 Å². The van der Waals surface area contributed by atoms with E-state index in [1.54, 1.807) is 12.4 Å². The van der Waals surface area contributed by atoms with Gasteiger partial charge in [0, 0.05) is 35.9 Å². The summed E-state index contributed by atoms with van der Waals surface area (Å²) in [4.78, 5) is 26.5. The zero-order chi connectivity index (χ0) is 19.1. The number of carbonyl (C=O) groups excluding carboxylic acids is 1. The van der Waals surface area contributed by atoms with Crippen molar-refractivity contribution in [1.82, 2.24) is 4.98 Å². The largest absolute Gasteiger partial charge is 0.292 e. The number of ketones is 1. The Morgan fingerprint density at radius 1 is 1.00 bits per heavy atom. The van der Waals surface area contributed by atoms with Crippen molar-refractivity contribution in [2.45, 2.75) is 25.8 Å². The maximum atomic E-state index is 13.0. The van der Waals surface area contributed by atoms with Gasteiger partial charge in [-0.15, -0.1) is 0 Å². The second-order valence-corrected chi connectivity index (χ2v) is 7.27. The summed E-state index contributed by atoms with van der Waals surface area (Å²) in [5, 5.41) is 0. The molecule has 0 N–H and O–H groups in total. The minimum atomic E-state index is -0.185. The molecule has 4 nitrogen and oxygen atoms in total. The number of hydrogen-bond acceptors (Lipinski definition) is 4. The Morgan fingerprint density at radius 2 is 1.79 bits per heavy atom. The van der Waals surface area contributed by atoms with Gasteiger partial charge < -0.3 is 0 Å². The van der Waals surface area contributed by atoms with Gasteiger partial charge in [0.1, 0.15) is 0 Å². The zero-order valence-corrected chi connectivity index (χ0v) is 15.6. The van der Waals surface area contributed by atoms with E-state index in [0.29, 0.717) is 18.7 Å². The first-order chi connectivity index (χ1) is 13.7. The Morgan fingerprint density at radius 3 is 2.57 bits per heavy atom. The normalized spacial score (nSPS) is 15.5. The SMILES string of the molecule is C[C@H](C(=O)C1=Nc2cc3c(cc2C1)CN=C3c1ccncc1)c1ccccc1. The van der Waals surface area contributed by atoms with E-state index >= 15 is 0 Å². The van der Waals surface area contributed by atoms with Crippen LogP contribution >= 0.6 is 0 Å². The molecule has 0 fully saturated rings. The molecule has 2 aliphatic heterocycles. The van der Waals surface area contributed by atoms with Crippen molar-refractivity contribution in [3.05, 3.63) is 94.8 Å². The van der Waals surface area contributed by atoms with E-state index < -0.39 is 0 Å². The molecule has 5 rings (SSSR count). The second-order valence-electron chi connectivity index (χ2n) is 7.27. The topological polar surface area (TPSA) is 54.7 Å². The average molecular weight is 365 g/mol. The molecule has 2 aliphatic rings. The first-order valence-corrected chi connectivity index (χ1v) is 9.48. The van der Waals surface area contributed by atoms with Gasteiger partial charge in [-0.05, 0) is 34.9 Å². The highest BCUT2D eigenvalue weighted by molar-refractivity contribution is 6.43. The van der Waals surface area contributed by atoms with E-state index in [0.717, 1.165) is 33.7 Å². The fourth-order valence-electron chi connectivity index (χ4n) is 3.94. The molecule has 0 unspecified atom stereocenters. The van der Waals surface area contributed by atoms with E-state index in [4.69, 9.17) is 9.98 Å². The molecule has 136 valence electrons. The van der Waals surface area contributed by atoms with Crippen LogP contribution in [-0.4, -0.2) is 22.2 Å². The summed E-state index contributed by atoms with van der Waals surface area (Å²) in [5.41, 5.74) is 8.04. The average Bonchev–Trinajstić information content (AvgIpc) is 3.35. The lowest BCUT2D eigenvalue weighted by Crippen LogP contribution is -2.20. The maximum absolute atomic E-state index is 13.0. The van der Waals surface area contributed by atoms with Crippen LogP contribution < -0.4 is 0 Å². The monoisotopic (exact) mass is 365 g/mol. The number of nitrogens with zero attached hydrogens (tertiary/aromatic N) is 3. The molecule has 4 heteroatoms. The van der Waals surface area contributed by atoms with Gasteiger partial charge in [0.05, 0.1) is 23.7 Å². The van der Waals surface area contributed by atoms with Crippen molar-refractivity contribution >= 4 is 22.9 Å². The number of carbonyl (C=O) groups is 1. The first kappa shape index (κ1) is 16.8. The number of fused-ring (bicyclic) bond motifs is 2. The number of hydrogen-bond donors (Lipinski definition) is 0. The van der Waals surface area contributed by atoms with Crippen LogP contribution in [0, 0.1) is 0 Å². The second kappa shape index (κ2) is 6.64. The Bertz CT molecular complexity index is 1130. The highest BCUT2D eigenvalue weighted by Gasteiger charge is 2.28. The fourth-order valence-corrected chi connectivity index (χ4v) is 3.94. The summed E-state index contributed by atoms with van der Waals surface area (Å²) in [6, 6.07) is 18.1. The fraction of sp³-hybridized carbons (Fsp3) is 0.167. The summed E-state index contributed by atoms with van der Waals surface area (Å²) in [5.74, 6) is -0.0827. The molecule has 3 aromatic rings. The third kappa shape index (κ3) is 2.78. The van der Waals surface area contributed by atoms with E-state index in [-0.39, 0.29) is 11.7 Å². The highest BCUT2D eigenvalue weighted by atomic mass is 16.1. The number of aliphatic imine (C=N–C) groups is 2. The van der Waals surface area contributed by atoms with Crippen LogP contribution in [0.3, 0.4) is 0 Å². The van der Waals surface area contributed by atoms with Gasteiger partial charge in [-0.1, -0.05) is 43.3 Å². The van der Waals surface area contributed by atoms with Crippen molar-refractivity contribution in [3.63, 3.8) is 0 Å². The Kier molecular flexibility index (Phi) is 3.97. The smallest absolute Gasteiger partial charge is 0.184 e. The van der Waals surface area contributed by atoms with Crippen LogP contribution in [0.15, 0.2) is 77.0 Å². The molecule has 0 saturated heterocycles. The number of benzene rings is 2. The van der Waals surface area contributed by atoms with Gasteiger partial charge in [0.15, 0.2) is 5.78 Å². The molecule has 2 aromatic carbocycles. The summed E-state index contributed by atoms with van der Waals surface area (Å²) in [7, 11) is 0. The van der Waals surface area contributed by atoms with Gasteiger partial charge in [0.25, 0.3) is 0 Å². The third-order valence-corrected chi connectivity index (χ3v) is 5.51. The van der Waals surface area contributed by atoms with Crippen molar-refractivity contribution in [2.24, 2.45) is 9.98 Å². The number of pyridine rings is 1. The molecule has 0 spiro atoms. The third-order valence-electron chi connectivity index (χ3n) is 5.51. The van der Waals surface area contributed by atoms with Gasteiger partial charge in [-0.2, -0.15) is 0 Å². The summed E-state index contributed by atoms with van der Waals surface area (Å²) in [6.45, 7) is 2.63. The zero-order valence-electron chi connectivity index (χ0n) is 15.6. The molecular weight excluding hydrogens is 346 g/mol. The van der Waals surface area contributed by atoms with Crippen molar-refractivity contribution < 1.29 is 4.79 Å². The molecule has 0 amide bonds. The van der Waals surface area contributed by atoms with Crippen LogP contribution in [0.2, 0.25) is 0 Å². The lowest BCUT2D eigenvalue weighted by Gasteiger charge is -2.10. The molecule has 0 radical (unpaired) electrons. The standard InChI is InChI=1S/C24H19N3O/c1-15(16-5-3-2-4-6-16)24(28)22-12-18-11-19-14-26-23(17-7-9-25-10-8-17)20(19)13-21(18)27-22/h2-11,13,15H,12,14H2,1H3/t15-/m0/s1. The molecular formula is C24H19N3O. The number of rotatable bonds is 4. The Labute approximate surface area is 163 Å². The number of aromatic nitrogens is 1. The molecule has 1 atom stereocenters. The molecule has 0 aliphatic carbocycles. The van der Waals surface area contributed by atoms with Gasteiger partial charge >= 0.3 is 0 Å². The molecule has 28 heavy (non-hydrogen) atoms. The van der Waals surface area contributed by atoms with Crippen molar-refractivity contribution in [3.8, 4) is 0 Å². The maximum Gasteiger partial charge on any atom is 0.184 e. The predicted octanol–water partition coefficient (Wildman–Crippen LogP) is 4.43. The van der Waals surface area contributed by atoms with Crippen LogP contribution in [0.1, 0.15) is 40.7 Å². The minimum absolute atomic E-state index is 0.102. The van der Waals surface area contributed by atoms with E-state index in [1.807, 2.05) is 49.4 Å². The van der Waals surface area contributed by atoms with Crippen LogP contribution in [0.4, 0.5) is 5.69 Å². The van der Waals surface area contributed by atoms with E-state index in [2.05, 4.69) is 17.1 Å². The Hall–Kier alpha value is -3.40. The first-order valence-electron chi connectivity index (χ1n) is 9.48. The minimum Gasteiger partial charge on any atom is -0.292 e. The summed E-state index contributed by atoms with van der Waals surface area (Å²) < 4.78 is 0. The van der Waals surface area contributed by atoms with Gasteiger partial charge in [0.2, 0.25) is 0 Å². The molecule has 0 bridgehead atoms. The number of Topliss-reactive ketones (excluding diaryl/α,β-unsaturated/α-hetero) is 1. The predicted molar refractivity (Wildman–Crippen MR) is 111 cm³/mol. The lowest BCUT2D eigenvalue weighted by molar-refractivity contribution is -0.114. The highest BCUT2D eigenvalue weighted by Crippen LogP contribution is 2.35. The van der Waals surface area contributed by atoms with E-state index in [9.17, 15) is 4.79 Å². The van der Waals surface area contributed by atoms with Crippen LogP contribution in [0.25, 0.3) is 0 Å². The Balaban J connectivity index is 1.45. The quantitative estimate of drug-likeness (QED) is 0.687. The molecule has 1 aromatic heterocycles. The van der Waals surface area contributed by atoms with E-state index in [1.165, 1.54) is 5.56 Å². The van der Waals surface area contributed by atoms with Crippen LogP contribution in [-0.2, 0) is 17.8 Å².